The molecular formula is C17H21N3O2. The van der Waals surface area contributed by atoms with Crippen molar-refractivity contribution in [2.75, 3.05) is 13.1 Å². The van der Waals surface area contributed by atoms with Gasteiger partial charge in [-0.2, -0.15) is 5.10 Å². The summed E-state index contributed by atoms with van der Waals surface area (Å²) in [6.07, 6.45) is 2.12. The number of para-hydroxylation sites is 1. The van der Waals surface area contributed by atoms with Gasteiger partial charge >= 0.3 is 0 Å². The Hall–Kier alpha value is -2.17. The summed E-state index contributed by atoms with van der Waals surface area (Å²) < 4.78 is 1.73. The van der Waals surface area contributed by atoms with E-state index < -0.39 is 0 Å². The van der Waals surface area contributed by atoms with E-state index in [2.05, 4.69) is 12.0 Å². The minimum atomic E-state index is -0.261. The van der Waals surface area contributed by atoms with Gasteiger partial charge in [0.25, 0.3) is 5.91 Å². The second-order valence-electron chi connectivity index (χ2n) is 6.01. The van der Waals surface area contributed by atoms with E-state index >= 15 is 0 Å². The number of benzene rings is 1. The van der Waals surface area contributed by atoms with Crippen LogP contribution in [0.15, 0.2) is 29.1 Å². The molecule has 2 aromatic rings. The van der Waals surface area contributed by atoms with Gasteiger partial charge in [-0.15, -0.1) is 0 Å². The van der Waals surface area contributed by atoms with Gasteiger partial charge in [0.1, 0.15) is 0 Å². The molecule has 3 rings (SSSR count). The second kappa shape index (κ2) is 5.91. The molecule has 1 unspecified atom stereocenters. The minimum Gasteiger partial charge on any atom is -0.337 e. The molecule has 1 aliphatic heterocycles. The summed E-state index contributed by atoms with van der Waals surface area (Å²) in [5.41, 5.74) is 0.566. The van der Waals surface area contributed by atoms with Gasteiger partial charge in [0, 0.05) is 25.0 Å². The lowest BCUT2D eigenvalue weighted by Crippen LogP contribution is -2.42. The van der Waals surface area contributed by atoms with Crippen molar-refractivity contribution in [3.8, 4) is 0 Å². The zero-order valence-corrected chi connectivity index (χ0v) is 13.1. The number of carbonyl (C=O) groups is 1. The van der Waals surface area contributed by atoms with Crippen molar-refractivity contribution in [2.45, 2.75) is 33.2 Å². The van der Waals surface area contributed by atoms with Crippen LogP contribution in [0.4, 0.5) is 0 Å². The number of aromatic nitrogens is 2. The van der Waals surface area contributed by atoms with E-state index in [4.69, 9.17) is 0 Å². The zero-order chi connectivity index (χ0) is 15.7. The van der Waals surface area contributed by atoms with Crippen LogP contribution in [-0.2, 0) is 6.54 Å². The Balaban J connectivity index is 2.08. The van der Waals surface area contributed by atoms with Crippen LogP contribution < -0.4 is 5.43 Å². The molecule has 1 aliphatic rings. The molecule has 5 nitrogen and oxygen atoms in total. The normalized spacial score (nSPS) is 18.6. The molecule has 0 spiro atoms. The summed E-state index contributed by atoms with van der Waals surface area (Å²) in [5.74, 6) is 0.246. The van der Waals surface area contributed by atoms with Gasteiger partial charge in [-0.05, 0) is 37.8 Å². The summed E-state index contributed by atoms with van der Waals surface area (Å²) in [6.45, 7) is 6.14. The Morgan fingerprint density at radius 1 is 1.36 bits per heavy atom. The molecule has 1 fully saturated rings. The highest BCUT2D eigenvalue weighted by molar-refractivity contribution is 5.95. The van der Waals surface area contributed by atoms with Gasteiger partial charge in [0.15, 0.2) is 5.69 Å². The maximum atomic E-state index is 12.7. The number of piperidine rings is 1. The average molecular weight is 299 g/mol. The average Bonchev–Trinajstić information content (AvgIpc) is 2.55. The Morgan fingerprint density at radius 3 is 2.86 bits per heavy atom. The molecule has 0 saturated carbocycles. The highest BCUT2D eigenvalue weighted by Crippen LogP contribution is 2.17. The summed E-state index contributed by atoms with van der Waals surface area (Å²) >= 11 is 0. The predicted molar refractivity (Wildman–Crippen MR) is 86.0 cm³/mol. The first-order chi connectivity index (χ1) is 10.6. The molecule has 1 amide bonds. The van der Waals surface area contributed by atoms with Crippen LogP contribution in [0.2, 0.25) is 0 Å². The van der Waals surface area contributed by atoms with Crippen molar-refractivity contribution in [1.29, 1.82) is 0 Å². The Morgan fingerprint density at radius 2 is 2.14 bits per heavy atom. The third-order valence-corrected chi connectivity index (χ3v) is 4.31. The monoisotopic (exact) mass is 299 g/mol. The standard InChI is InChI=1S/C17H21N3O2/c1-3-20-14-9-5-4-8-13(14)16(21)15(18-20)17(22)19-10-6-7-12(2)11-19/h4-5,8-9,12H,3,6-7,10-11H2,1-2H3. The number of hydrogen-bond acceptors (Lipinski definition) is 3. The van der Waals surface area contributed by atoms with Crippen LogP contribution in [0.25, 0.3) is 10.9 Å². The van der Waals surface area contributed by atoms with Crippen molar-refractivity contribution in [2.24, 2.45) is 5.92 Å². The van der Waals surface area contributed by atoms with E-state index in [0.717, 1.165) is 18.4 Å². The van der Waals surface area contributed by atoms with E-state index in [1.807, 2.05) is 25.1 Å². The fraction of sp³-hybridized carbons (Fsp3) is 0.471. The van der Waals surface area contributed by atoms with Gasteiger partial charge in [-0.1, -0.05) is 19.1 Å². The first-order valence-electron chi connectivity index (χ1n) is 7.91. The molecule has 1 aromatic heterocycles. The fourth-order valence-corrected chi connectivity index (χ4v) is 3.14. The molecule has 116 valence electrons. The summed E-state index contributed by atoms with van der Waals surface area (Å²) in [6, 6.07) is 7.33. The van der Waals surface area contributed by atoms with Crippen molar-refractivity contribution >= 4 is 16.8 Å². The molecule has 1 atom stereocenters. The molecule has 1 saturated heterocycles. The highest BCUT2D eigenvalue weighted by Gasteiger charge is 2.26. The predicted octanol–water partition coefficient (Wildman–Crippen LogP) is 2.29. The molecule has 22 heavy (non-hydrogen) atoms. The van der Waals surface area contributed by atoms with Crippen LogP contribution in [0.1, 0.15) is 37.2 Å². The lowest BCUT2D eigenvalue weighted by Gasteiger charge is -2.30. The molecular weight excluding hydrogens is 278 g/mol. The Labute approximate surface area is 129 Å². The zero-order valence-electron chi connectivity index (χ0n) is 13.1. The second-order valence-corrected chi connectivity index (χ2v) is 6.01. The third-order valence-electron chi connectivity index (χ3n) is 4.31. The van der Waals surface area contributed by atoms with Crippen LogP contribution in [0.3, 0.4) is 0 Å². The van der Waals surface area contributed by atoms with Crippen LogP contribution in [0.5, 0.6) is 0 Å². The minimum absolute atomic E-state index is 0.0506. The van der Waals surface area contributed by atoms with Crippen LogP contribution in [-0.4, -0.2) is 33.7 Å². The van der Waals surface area contributed by atoms with Crippen molar-refractivity contribution in [1.82, 2.24) is 14.7 Å². The number of fused-ring (bicyclic) bond motifs is 1. The van der Waals surface area contributed by atoms with Crippen LogP contribution in [0, 0.1) is 5.92 Å². The Bertz CT molecular complexity index is 766. The first kappa shape index (κ1) is 14.8. The van der Waals surface area contributed by atoms with Gasteiger partial charge in [0.05, 0.1) is 5.52 Å². The summed E-state index contributed by atoms with van der Waals surface area (Å²) in [4.78, 5) is 27.1. The number of aryl methyl sites for hydroxylation is 1. The topological polar surface area (TPSA) is 55.2 Å². The smallest absolute Gasteiger partial charge is 0.278 e. The van der Waals surface area contributed by atoms with Crippen molar-refractivity contribution in [3.63, 3.8) is 0 Å². The van der Waals surface area contributed by atoms with E-state index in [-0.39, 0.29) is 17.0 Å². The Kier molecular flexibility index (Phi) is 3.96. The summed E-state index contributed by atoms with van der Waals surface area (Å²) in [7, 11) is 0. The number of hydrogen-bond donors (Lipinski definition) is 0. The van der Waals surface area contributed by atoms with Crippen molar-refractivity contribution < 1.29 is 4.79 Å². The highest BCUT2D eigenvalue weighted by atomic mass is 16.2. The maximum Gasteiger partial charge on any atom is 0.278 e. The van der Waals surface area contributed by atoms with Crippen LogP contribution >= 0.6 is 0 Å². The van der Waals surface area contributed by atoms with Gasteiger partial charge in [-0.25, -0.2) is 0 Å². The van der Waals surface area contributed by atoms with Gasteiger partial charge < -0.3 is 4.90 Å². The van der Waals surface area contributed by atoms with E-state index in [1.54, 1.807) is 15.6 Å². The SMILES string of the molecule is CCn1nc(C(=O)N2CCCC(C)C2)c(=O)c2ccccc21. The van der Waals surface area contributed by atoms with Crippen molar-refractivity contribution in [3.05, 3.63) is 40.2 Å². The molecule has 1 aromatic carbocycles. The molecule has 5 heteroatoms. The molecule has 0 bridgehead atoms. The molecule has 0 aliphatic carbocycles. The maximum absolute atomic E-state index is 12.7. The molecule has 0 N–H and O–H groups in total. The number of nitrogens with zero attached hydrogens (tertiary/aromatic N) is 3. The fourth-order valence-electron chi connectivity index (χ4n) is 3.14. The van der Waals surface area contributed by atoms with E-state index in [9.17, 15) is 9.59 Å². The first-order valence-corrected chi connectivity index (χ1v) is 7.91. The number of likely N-dealkylation sites (tertiary alicyclic amines) is 1. The third kappa shape index (κ3) is 2.51. The largest absolute Gasteiger partial charge is 0.337 e. The number of carbonyl (C=O) groups excluding carboxylic acids is 1. The lowest BCUT2D eigenvalue weighted by molar-refractivity contribution is 0.0673. The lowest BCUT2D eigenvalue weighted by atomic mass is 10.00. The van der Waals surface area contributed by atoms with E-state index in [1.165, 1.54) is 0 Å². The number of amides is 1. The number of rotatable bonds is 2. The molecule has 2 heterocycles. The van der Waals surface area contributed by atoms with E-state index in [0.29, 0.717) is 30.9 Å². The summed E-state index contributed by atoms with van der Waals surface area (Å²) in [5, 5.41) is 4.89. The quantitative estimate of drug-likeness (QED) is 0.855. The van der Waals surface area contributed by atoms with Gasteiger partial charge in [-0.3, -0.25) is 14.3 Å². The van der Waals surface area contributed by atoms with Gasteiger partial charge in [0.2, 0.25) is 5.43 Å². The molecule has 0 radical (unpaired) electrons.